The van der Waals surface area contributed by atoms with Gasteiger partial charge in [-0.15, -0.1) is 21.5 Å². The zero-order chi connectivity index (χ0) is 17.9. The summed E-state index contributed by atoms with van der Waals surface area (Å²) < 4.78 is 0. The van der Waals surface area contributed by atoms with E-state index in [0.717, 1.165) is 39.9 Å². The van der Waals surface area contributed by atoms with Crippen LogP contribution in [0, 0.1) is 0 Å². The third kappa shape index (κ3) is 3.13. The van der Waals surface area contributed by atoms with E-state index in [1.54, 1.807) is 18.6 Å². The fourth-order valence-electron chi connectivity index (χ4n) is 2.60. The van der Waals surface area contributed by atoms with Crippen LogP contribution in [0.5, 0.6) is 0 Å². The Morgan fingerprint density at radius 3 is 3.04 bits per heavy atom. The van der Waals surface area contributed by atoms with Crippen LogP contribution in [0.1, 0.15) is 19.0 Å². The van der Waals surface area contributed by atoms with Crippen molar-refractivity contribution in [3.8, 4) is 21.3 Å². The first kappa shape index (κ1) is 16.5. The Labute approximate surface area is 154 Å². The van der Waals surface area contributed by atoms with Crippen LogP contribution in [0.4, 0.5) is 5.82 Å². The van der Waals surface area contributed by atoms with Gasteiger partial charge < -0.3 is 9.74 Å². The van der Waals surface area contributed by atoms with E-state index in [4.69, 9.17) is 9.82 Å². The van der Waals surface area contributed by atoms with Crippen LogP contribution in [0.3, 0.4) is 0 Å². The summed E-state index contributed by atoms with van der Waals surface area (Å²) in [7, 11) is 1.97. The van der Waals surface area contributed by atoms with Crippen LogP contribution < -0.4 is 4.90 Å². The lowest BCUT2D eigenvalue weighted by Crippen LogP contribution is -2.31. The molecule has 1 aliphatic rings. The molecule has 0 radical (unpaired) electrons. The first-order valence-corrected chi connectivity index (χ1v) is 9.09. The number of nitrogens with zero attached hydrogens (tertiary/aromatic N) is 7. The highest BCUT2D eigenvalue weighted by Crippen LogP contribution is 2.31. The summed E-state index contributed by atoms with van der Waals surface area (Å²) in [6, 6.07) is 3.86. The number of aromatic nitrogens is 5. The predicted molar refractivity (Wildman–Crippen MR) is 100 cm³/mol. The molecule has 0 atom stereocenters. The average molecular weight is 367 g/mol. The van der Waals surface area contributed by atoms with Crippen molar-refractivity contribution < 1.29 is 4.84 Å². The molecule has 0 saturated carbocycles. The number of hydrogen-bond acceptors (Lipinski definition) is 9. The first-order chi connectivity index (χ1) is 12.8. The van der Waals surface area contributed by atoms with Crippen molar-refractivity contribution in [2.75, 3.05) is 25.1 Å². The maximum atomic E-state index is 5.24. The molecule has 8 nitrogen and oxygen atoms in total. The molecule has 0 fully saturated rings. The smallest absolute Gasteiger partial charge is 0.194 e. The Morgan fingerprint density at radius 1 is 1.31 bits per heavy atom. The molecule has 3 aromatic rings. The summed E-state index contributed by atoms with van der Waals surface area (Å²) in [6.45, 7) is 3.23. The van der Waals surface area contributed by atoms with Crippen LogP contribution in [0.2, 0.25) is 0 Å². The zero-order valence-electron chi connectivity index (χ0n) is 14.5. The second-order valence-corrected chi connectivity index (χ2v) is 6.74. The van der Waals surface area contributed by atoms with Crippen molar-refractivity contribution in [3.63, 3.8) is 0 Å². The van der Waals surface area contributed by atoms with Crippen LogP contribution in [-0.2, 0) is 4.84 Å². The molecular weight excluding hydrogens is 350 g/mol. The Balaban J connectivity index is 1.72. The van der Waals surface area contributed by atoms with E-state index in [2.05, 4.69) is 25.3 Å². The standard InChI is InChI=1S/C17H17N7OS/c1-3-25-23-12-6-8-24(2)16-14(12)20-15(21-22-16)13-10-19-17(26-13)11-5-4-7-18-9-11/h4-5,7,9-10H,3,6,8H2,1-2H3. The molecule has 0 aliphatic carbocycles. The summed E-state index contributed by atoms with van der Waals surface area (Å²) in [5, 5.41) is 13.7. The Bertz CT molecular complexity index is 941. The van der Waals surface area contributed by atoms with Gasteiger partial charge in [0.05, 0.1) is 4.88 Å². The van der Waals surface area contributed by atoms with Gasteiger partial charge in [0.25, 0.3) is 0 Å². The third-order valence-electron chi connectivity index (χ3n) is 3.93. The molecule has 26 heavy (non-hydrogen) atoms. The monoisotopic (exact) mass is 367 g/mol. The molecule has 132 valence electrons. The lowest BCUT2D eigenvalue weighted by molar-refractivity contribution is 0.158. The minimum atomic E-state index is 0.517. The molecule has 3 aromatic heterocycles. The number of hydrogen-bond donors (Lipinski definition) is 0. The highest BCUT2D eigenvalue weighted by Gasteiger charge is 2.25. The molecule has 0 aromatic carbocycles. The van der Waals surface area contributed by atoms with E-state index in [9.17, 15) is 0 Å². The van der Waals surface area contributed by atoms with Crippen molar-refractivity contribution in [2.24, 2.45) is 5.16 Å². The molecule has 0 N–H and O–H groups in total. The van der Waals surface area contributed by atoms with Gasteiger partial charge in [0.2, 0.25) is 0 Å². The average Bonchev–Trinajstić information content (AvgIpc) is 3.18. The molecule has 0 bridgehead atoms. The molecule has 0 spiro atoms. The normalized spacial score (nSPS) is 15.2. The fourth-order valence-corrected chi connectivity index (χ4v) is 3.44. The number of pyridine rings is 1. The summed E-state index contributed by atoms with van der Waals surface area (Å²) in [5.74, 6) is 1.26. The maximum absolute atomic E-state index is 5.24. The minimum absolute atomic E-state index is 0.517. The van der Waals surface area contributed by atoms with Crippen LogP contribution in [0.25, 0.3) is 21.3 Å². The molecular formula is C17H17N7OS. The molecule has 0 amide bonds. The van der Waals surface area contributed by atoms with Gasteiger partial charge in [0, 0.05) is 44.2 Å². The Hall–Kier alpha value is -2.94. The van der Waals surface area contributed by atoms with Gasteiger partial charge in [0.15, 0.2) is 11.6 Å². The molecule has 9 heteroatoms. The van der Waals surface area contributed by atoms with Gasteiger partial charge in [-0.3, -0.25) is 4.98 Å². The number of anilines is 1. The van der Waals surface area contributed by atoms with Crippen LogP contribution >= 0.6 is 11.3 Å². The second kappa shape index (κ2) is 7.12. The van der Waals surface area contributed by atoms with E-state index in [1.165, 1.54) is 11.3 Å². The number of fused-ring (bicyclic) bond motifs is 1. The van der Waals surface area contributed by atoms with Gasteiger partial charge >= 0.3 is 0 Å². The summed E-state index contributed by atoms with van der Waals surface area (Å²) in [6.07, 6.45) is 6.05. The number of thiazole rings is 1. The highest BCUT2D eigenvalue weighted by atomic mass is 32.1. The van der Waals surface area contributed by atoms with Gasteiger partial charge in [-0.2, -0.15) is 0 Å². The van der Waals surface area contributed by atoms with Gasteiger partial charge in [-0.25, -0.2) is 9.97 Å². The van der Waals surface area contributed by atoms with Crippen LogP contribution in [0.15, 0.2) is 35.9 Å². The molecule has 4 heterocycles. The van der Waals surface area contributed by atoms with Crippen molar-refractivity contribution in [1.29, 1.82) is 0 Å². The lowest BCUT2D eigenvalue weighted by Gasteiger charge is -2.25. The van der Waals surface area contributed by atoms with Gasteiger partial charge in [-0.1, -0.05) is 5.16 Å². The molecule has 4 rings (SSSR count). The van der Waals surface area contributed by atoms with Crippen LogP contribution in [-0.4, -0.2) is 51.1 Å². The van der Waals surface area contributed by atoms with Gasteiger partial charge in [0.1, 0.15) is 23.0 Å². The number of rotatable bonds is 4. The van der Waals surface area contributed by atoms with Crippen molar-refractivity contribution in [1.82, 2.24) is 25.1 Å². The second-order valence-electron chi connectivity index (χ2n) is 5.71. The third-order valence-corrected chi connectivity index (χ3v) is 4.97. The van der Waals surface area contributed by atoms with Crippen molar-refractivity contribution in [3.05, 3.63) is 36.4 Å². The minimum Gasteiger partial charge on any atom is -0.396 e. The number of oxime groups is 1. The van der Waals surface area contributed by atoms with E-state index in [0.29, 0.717) is 18.1 Å². The zero-order valence-corrected chi connectivity index (χ0v) is 15.3. The van der Waals surface area contributed by atoms with E-state index >= 15 is 0 Å². The fraction of sp³-hybridized carbons (Fsp3) is 0.294. The largest absolute Gasteiger partial charge is 0.396 e. The molecule has 0 saturated heterocycles. The summed E-state index contributed by atoms with van der Waals surface area (Å²) in [4.78, 5) is 21.4. The quantitative estimate of drug-likeness (QED) is 0.655. The first-order valence-electron chi connectivity index (χ1n) is 8.28. The van der Waals surface area contributed by atoms with E-state index < -0.39 is 0 Å². The molecule has 1 aliphatic heterocycles. The Kier molecular flexibility index (Phi) is 4.53. The summed E-state index contributed by atoms with van der Waals surface area (Å²) >= 11 is 1.51. The van der Waals surface area contributed by atoms with Crippen molar-refractivity contribution >= 4 is 22.9 Å². The van der Waals surface area contributed by atoms with E-state index in [-0.39, 0.29) is 0 Å². The van der Waals surface area contributed by atoms with E-state index in [1.807, 2.05) is 31.0 Å². The van der Waals surface area contributed by atoms with Crippen molar-refractivity contribution in [2.45, 2.75) is 13.3 Å². The SMILES string of the molecule is CCON=C1CCN(C)c2nnc(-c3cnc(-c4cccnc4)s3)nc21. The Morgan fingerprint density at radius 2 is 2.23 bits per heavy atom. The molecule has 0 unspecified atom stereocenters. The maximum Gasteiger partial charge on any atom is 0.194 e. The predicted octanol–water partition coefficient (Wildman–Crippen LogP) is 2.64. The lowest BCUT2D eigenvalue weighted by atomic mass is 10.1. The highest BCUT2D eigenvalue weighted by molar-refractivity contribution is 7.18. The summed E-state index contributed by atoms with van der Waals surface area (Å²) in [5.41, 5.74) is 2.48. The van der Waals surface area contributed by atoms with Gasteiger partial charge in [-0.05, 0) is 19.1 Å². The topological polar surface area (TPSA) is 89.3 Å².